The second-order valence-electron chi connectivity index (χ2n) is 7.12. The number of benzene rings is 1. The zero-order chi connectivity index (χ0) is 19.4. The molecule has 0 saturated heterocycles. The molecule has 2 aromatic rings. The third kappa shape index (κ3) is 4.27. The Hall–Kier alpha value is -2.89. The Morgan fingerprint density at radius 1 is 1.15 bits per heavy atom. The summed E-state index contributed by atoms with van der Waals surface area (Å²) in [5, 5.41) is 5.57. The summed E-state index contributed by atoms with van der Waals surface area (Å²) in [6.07, 6.45) is 5.41. The molecule has 1 aromatic carbocycles. The largest absolute Gasteiger partial charge is 0.355 e. The highest BCUT2D eigenvalue weighted by Crippen LogP contribution is 2.39. The molecule has 0 unspecified atom stereocenters. The molecule has 0 aliphatic heterocycles. The van der Waals surface area contributed by atoms with Crippen LogP contribution in [0.15, 0.2) is 47.4 Å². The molecule has 1 fully saturated rings. The highest BCUT2D eigenvalue weighted by molar-refractivity contribution is 5.99. The van der Waals surface area contributed by atoms with Gasteiger partial charge in [-0.15, -0.1) is 0 Å². The SMILES string of the molecule is CCCC1(NC(=O)c2cc(C(=O)NC)c(=O)n(Cc3ccccc3)c2)CC1. The van der Waals surface area contributed by atoms with Crippen LogP contribution < -0.4 is 16.2 Å². The molecule has 0 bridgehead atoms. The van der Waals surface area contributed by atoms with E-state index in [1.807, 2.05) is 30.3 Å². The number of hydrogen-bond donors (Lipinski definition) is 2. The molecule has 1 aromatic heterocycles. The molecule has 2 amide bonds. The molecule has 1 aliphatic rings. The fourth-order valence-electron chi connectivity index (χ4n) is 3.33. The van der Waals surface area contributed by atoms with Crippen molar-refractivity contribution in [3.8, 4) is 0 Å². The average Bonchev–Trinajstić information content (AvgIpc) is 3.42. The lowest BCUT2D eigenvalue weighted by Crippen LogP contribution is -2.38. The summed E-state index contributed by atoms with van der Waals surface area (Å²) in [5.74, 6) is -0.737. The van der Waals surface area contributed by atoms with E-state index in [9.17, 15) is 14.4 Å². The van der Waals surface area contributed by atoms with Gasteiger partial charge in [-0.2, -0.15) is 0 Å². The predicted molar refractivity (Wildman–Crippen MR) is 104 cm³/mol. The molecule has 2 N–H and O–H groups in total. The molecule has 0 radical (unpaired) electrons. The summed E-state index contributed by atoms with van der Waals surface area (Å²) in [7, 11) is 1.47. The topological polar surface area (TPSA) is 80.2 Å². The van der Waals surface area contributed by atoms with Gasteiger partial charge in [0.1, 0.15) is 5.56 Å². The van der Waals surface area contributed by atoms with E-state index in [2.05, 4.69) is 17.6 Å². The minimum atomic E-state index is -0.494. The van der Waals surface area contributed by atoms with E-state index in [0.717, 1.165) is 31.2 Å². The highest BCUT2D eigenvalue weighted by Gasteiger charge is 2.43. The van der Waals surface area contributed by atoms with Crippen LogP contribution in [0.4, 0.5) is 0 Å². The van der Waals surface area contributed by atoms with Crippen LogP contribution in [-0.2, 0) is 6.54 Å². The van der Waals surface area contributed by atoms with Gasteiger partial charge in [-0.1, -0.05) is 43.7 Å². The van der Waals surface area contributed by atoms with Gasteiger partial charge < -0.3 is 15.2 Å². The molecule has 1 heterocycles. The Kier molecular flexibility index (Phi) is 5.44. The van der Waals surface area contributed by atoms with E-state index in [1.54, 1.807) is 6.20 Å². The zero-order valence-electron chi connectivity index (χ0n) is 15.7. The first-order chi connectivity index (χ1) is 13.0. The first-order valence-corrected chi connectivity index (χ1v) is 9.31. The van der Waals surface area contributed by atoms with Gasteiger partial charge in [0.05, 0.1) is 12.1 Å². The maximum absolute atomic E-state index is 12.8. The van der Waals surface area contributed by atoms with Gasteiger partial charge >= 0.3 is 0 Å². The van der Waals surface area contributed by atoms with Crippen LogP contribution >= 0.6 is 0 Å². The number of aromatic nitrogens is 1. The molecule has 3 rings (SSSR count). The minimum Gasteiger partial charge on any atom is -0.355 e. The van der Waals surface area contributed by atoms with Crippen LogP contribution in [0.1, 0.15) is 58.9 Å². The van der Waals surface area contributed by atoms with Crippen molar-refractivity contribution in [2.45, 2.75) is 44.7 Å². The van der Waals surface area contributed by atoms with Crippen molar-refractivity contribution >= 4 is 11.8 Å². The van der Waals surface area contributed by atoms with Gasteiger partial charge in [-0.25, -0.2) is 0 Å². The second kappa shape index (κ2) is 7.78. The van der Waals surface area contributed by atoms with E-state index in [-0.39, 0.29) is 17.0 Å². The van der Waals surface area contributed by atoms with Crippen molar-refractivity contribution in [3.63, 3.8) is 0 Å². The molecular formula is C21H25N3O3. The van der Waals surface area contributed by atoms with Crippen LogP contribution in [0.25, 0.3) is 0 Å². The van der Waals surface area contributed by atoms with E-state index in [4.69, 9.17) is 0 Å². The zero-order valence-corrected chi connectivity index (χ0v) is 15.7. The maximum Gasteiger partial charge on any atom is 0.263 e. The van der Waals surface area contributed by atoms with Crippen molar-refractivity contribution in [1.82, 2.24) is 15.2 Å². The number of rotatable bonds is 7. The first-order valence-electron chi connectivity index (χ1n) is 9.31. The summed E-state index contributed by atoms with van der Waals surface area (Å²) < 4.78 is 1.42. The number of nitrogens with one attached hydrogen (secondary N) is 2. The number of pyridine rings is 1. The van der Waals surface area contributed by atoms with E-state index < -0.39 is 11.5 Å². The Morgan fingerprint density at radius 3 is 2.44 bits per heavy atom. The number of carbonyl (C=O) groups excluding carboxylic acids is 2. The van der Waals surface area contributed by atoms with Crippen LogP contribution in [0.5, 0.6) is 0 Å². The van der Waals surface area contributed by atoms with Crippen molar-refractivity contribution in [2.75, 3.05) is 7.05 Å². The summed E-state index contributed by atoms with van der Waals surface area (Å²) in [6, 6.07) is 10.9. The number of nitrogens with zero attached hydrogens (tertiary/aromatic N) is 1. The predicted octanol–water partition coefficient (Wildman–Crippen LogP) is 2.32. The molecule has 1 saturated carbocycles. The van der Waals surface area contributed by atoms with Crippen LogP contribution in [0, 0.1) is 0 Å². The second-order valence-corrected chi connectivity index (χ2v) is 7.12. The monoisotopic (exact) mass is 367 g/mol. The first kappa shape index (κ1) is 18.9. The highest BCUT2D eigenvalue weighted by atomic mass is 16.2. The number of carbonyl (C=O) groups is 2. The standard InChI is InChI=1S/C21H25N3O3/c1-3-9-21(10-11-21)23-18(25)16-12-17(19(26)22-2)20(27)24(14-16)13-15-7-5-4-6-8-15/h4-8,12,14H,3,9-11,13H2,1-2H3,(H,22,26)(H,23,25). The summed E-state index contributed by atoms with van der Waals surface area (Å²) in [5.41, 5.74) is 0.682. The molecule has 6 heteroatoms. The fraction of sp³-hybridized carbons (Fsp3) is 0.381. The third-order valence-electron chi connectivity index (χ3n) is 4.98. The Labute approximate surface area is 158 Å². The lowest BCUT2D eigenvalue weighted by molar-refractivity contribution is 0.0928. The molecular weight excluding hydrogens is 342 g/mol. The average molecular weight is 367 g/mol. The van der Waals surface area contributed by atoms with Gasteiger partial charge in [0, 0.05) is 18.8 Å². The molecule has 6 nitrogen and oxygen atoms in total. The summed E-state index contributed by atoms with van der Waals surface area (Å²) in [4.78, 5) is 37.7. The van der Waals surface area contributed by atoms with Crippen molar-refractivity contribution in [3.05, 3.63) is 69.6 Å². The van der Waals surface area contributed by atoms with Gasteiger partial charge in [0.25, 0.3) is 17.4 Å². The van der Waals surface area contributed by atoms with Gasteiger partial charge in [-0.05, 0) is 30.9 Å². The normalized spacial score (nSPS) is 14.4. The van der Waals surface area contributed by atoms with Gasteiger partial charge in [0.2, 0.25) is 0 Å². The Balaban J connectivity index is 1.95. The van der Waals surface area contributed by atoms with Gasteiger partial charge in [0.15, 0.2) is 0 Å². The smallest absolute Gasteiger partial charge is 0.263 e. The van der Waals surface area contributed by atoms with Crippen molar-refractivity contribution in [2.24, 2.45) is 0 Å². The lowest BCUT2D eigenvalue weighted by atomic mass is 10.1. The maximum atomic E-state index is 12.8. The summed E-state index contributed by atoms with van der Waals surface area (Å²) in [6.45, 7) is 2.39. The quantitative estimate of drug-likeness (QED) is 0.788. The van der Waals surface area contributed by atoms with Crippen LogP contribution in [0.3, 0.4) is 0 Å². The van der Waals surface area contributed by atoms with Crippen molar-refractivity contribution < 1.29 is 9.59 Å². The van der Waals surface area contributed by atoms with Crippen molar-refractivity contribution in [1.29, 1.82) is 0 Å². The van der Waals surface area contributed by atoms with Crippen LogP contribution in [-0.4, -0.2) is 29.0 Å². The van der Waals surface area contributed by atoms with Crippen LogP contribution in [0.2, 0.25) is 0 Å². The Bertz CT molecular complexity index is 899. The summed E-state index contributed by atoms with van der Waals surface area (Å²) >= 11 is 0. The van der Waals surface area contributed by atoms with E-state index >= 15 is 0 Å². The fourth-order valence-corrected chi connectivity index (χ4v) is 3.33. The molecule has 27 heavy (non-hydrogen) atoms. The molecule has 1 aliphatic carbocycles. The molecule has 0 spiro atoms. The van der Waals surface area contributed by atoms with E-state index in [0.29, 0.717) is 12.1 Å². The molecule has 0 atom stereocenters. The number of hydrogen-bond acceptors (Lipinski definition) is 3. The molecule has 142 valence electrons. The number of amides is 2. The van der Waals surface area contributed by atoms with E-state index in [1.165, 1.54) is 17.7 Å². The lowest BCUT2D eigenvalue weighted by Gasteiger charge is -2.17. The van der Waals surface area contributed by atoms with Gasteiger partial charge in [-0.3, -0.25) is 14.4 Å². The Morgan fingerprint density at radius 2 is 1.85 bits per heavy atom. The minimum absolute atomic E-state index is 0.0265. The third-order valence-corrected chi connectivity index (χ3v) is 4.98.